The highest BCUT2D eigenvalue weighted by Gasteiger charge is 2.08. The molecule has 0 saturated carbocycles. The molecule has 3 heteroatoms. The lowest BCUT2D eigenvalue weighted by molar-refractivity contribution is 0.0981. The third-order valence-corrected chi connectivity index (χ3v) is 2.15. The van der Waals surface area contributed by atoms with Crippen molar-refractivity contribution in [3.05, 3.63) is 23.8 Å². The molecular formula is C12H16O3. The average molecular weight is 208 g/mol. The Kier molecular flexibility index (Phi) is 4.16. The summed E-state index contributed by atoms with van der Waals surface area (Å²) in [5.41, 5.74) is 0.646. The standard InChI is InChI=1S/C12H16O3/c1-4-5-12(13)9-6-10(14-2)8-11(7-9)15-3/h6-8H,4-5H2,1-3H3. The highest BCUT2D eigenvalue weighted by Crippen LogP contribution is 2.23. The molecule has 1 rings (SSSR count). The number of rotatable bonds is 5. The first-order chi connectivity index (χ1) is 7.21. The van der Waals surface area contributed by atoms with Gasteiger partial charge >= 0.3 is 0 Å². The molecule has 0 aliphatic carbocycles. The van der Waals surface area contributed by atoms with Gasteiger partial charge in [0.25, 0.3) is 0 Å². The van der Waals surface area contributed by atoms with Crippen LogP contribution in [0.2, 0.25) is 0 Å². The lowest BCUT2D eigenvalue weighted by Gasteiger charge is -2.07. The lowest BCUT2D eigenvalue weighted by Crippen LogP contribution is -1.99. The fourth-order valence-corrected chi connectivity index (χ4v) is 1.34. The van der Waals surface area contributed by atoms with Crippen molar-refractivity contribution in [2.75, 3.05) is 14.2 Å². The molecule has 0 atom stereocenters. The molecule has 0 heterocycles. The summed E-state index contributed by atoms with van der Waals surface area (Å²) in [6, 6.07) is 5.23. The van der Waals surface area contributed by atoms with Crippen LogP contribution in [-0.4, -0.2) is 20.0 Å². The molecule has 0 bridgehead atoms. The molecule has 1 aromatic carbocycles. The van der Waals surface area contributed by atoms with Gasteiger partial charge < -0.3 is 9.47 Å². The molecule has 0 aliphatic heterocycles. The van der Waals surface area contributed by atoms with Gasteiger partial charge in [-0.15, -0.1) is 0 Å². The monoisotopic (exact) mass is 208 g/mol. The minimum Gasteiger partial charge on any atom is -0.497 e. The summed E-state index contributed by atoms with van der Waals surface area (Å²) in [6.45, 7) is 1.98. The van der Waals surface area contributed by atoms with Gasteiger partial charge in [0.2, 0.25) is 0 Å². The fourth-order valence-electron chi connectivity index (χ4n) is 1.34. The van der Waals surface area contributed by atoms with Gasteiger partial charge in [-0.1, -0.05) is 6.92 Å². The van der Waals surface area contributed by atoms with Gasteiger partial charge in [0, 0.05) is 18.1 Å². The van der Waals surface area contributed by atoms with Crippen LogP contribution >= 0.6 is 0 Å². The van der Waals surface area contributed by atoms with Gasteiger partial charge in [-0.3, -0.25) is 4.79 Å². The molecule has 0 N–H and O–H groups in total. The van der Waals surface area contributed by atoms with Crippen molar-refractivity contribution in [2.24, 2.45) is 0 Å². The third-order valence-electron chi connectivity index (χ3n) is 2.15. The number of ether oxygens (including phenoxy) is 2. The van der Waals surface area contributed by atoms with Crippen molar-refractivity contribution in [1.29, 1.82) is 0 Å². The largest absolute Gasteiger partial charge is 0.497 e. The van der Waals surface area contributed by atoms with E-state index in [-0.39, 0.29) is 5.78 Å². The van der Waals surface area contributed by atoms with E-state index >= 15 is 0 Å². The maximum atomic E-state index is 11.7. The maximum absolute atomic E-state index is 11.7. The second kappa shape index (κ2) is 5.39. The summed E-state index contributed by atoms with van der Waals surface area (Å²) in [4.78, 5) is 11.7. The van der Waals surface area contributed by atoms with Crippen molar-refractivity contribution in [1.82, 2.24) is 0 Å². The quantitative estimate of drug-likeness (QED) is 0.698. The molecule has 15 heavy (non-hydrogen) atoms. The minimum atomic E-state index is 0.120. The smallest absolute Gasteiger partial charge is 0.163 e. The van der Waals surface area contributed by atoms with Crippen LogP contribution in [0, 0.1) is 0 Å². The predicted octanol–water partition coefficient (Wildman–Crippen LogP) is 2.69. The summed E-state index contributed by atoms with van der Waals surface area (Å²) in [7, 11) is 3.14. The van der Waals surface area contributed by atoms with Crippen molar-refractivity contribution in [2.45, 2.75) is 19.8 Å². The zero-order valence-corrected chi connectivity index (χ0v) is 9.37. The molecule has 0 aromatic heterocycles. The number of hydrogen-bond donors (Lipinski definition) is 0. The van der Waals surface area contributed by atoms with Crippen LogP contribution < -0.4 is 9.47 Å². The van der Waals surface area contributed by atoms with Gasteiger partial charge in [-0.25, -0.2) is 0 Å². The van der Waals surface area contributed by atoms with E-state index in [0.29, 0.717) is 23.5 Å². The summed E-state index contributed by atoms with van der Waals surface area (Å²) < 4.78 is 10.2. The Balaban J connectivity index is 3.01. The normalized spacial score (nSPS) is 9.80. The van der Waals surface area contributed by atoms with E-state index in [2.05, 4.69) is 0 Å². The zero-order valence-electron chi connectivity index (χ0n) is 9.37. The highest BCUT2D eigenvalue weighted by molar-refractivity contribution is 5.96. The molecule has 0 fully saturated rings. The molecule has 3 nitrogen and oxygen atoms in total. The SMILES string of the molecule is CCCC(=O)c1cc(OC)cc(OC)c1. The van der Waals surface area contributed by atoms with Crippen LogP contribution in [0.4, 0.5) is 0 Å². The van der Waals surface area contributed by atoms with E-state index in [1.165, 1.54) is 0 Å². The Morgan fingerprint density at radius 2 is 1.67 bits per heavy atom. The minimum absolute atomic E-state index is 0.120. The maximum Gasteiger partial charge on any atom is 0.163 e. The Labute approximate surface area is 90.0 Å². The molecular weight excluding hydrogens is 192 g/mol. The van der Waals surface area contributed by atoms with Crippen molar-refractivity contribution in [3.8, 4) is 11.5 Å². The van der Waals surface area contributed by atoms with E-state index < -0.39 is 0 Å². The van der Waals surface area contributed by atoms with Crippen LogP contribution in [0.5, 0.6) is 11.5 Å². The Morgan fingerprint density at radius 1 is 1.13 bits per heavy atom. The Morgan fingerprint density at radius 3 is 2.07 bits per heavy atom. The van der Waals surface area contributed by atoms with Crippen LogP contribution in [-0.2, 0) is 0 Å². The Hall–Kier alpha value is -1.51. The zero-order chi connectivity index (χ0) is 11.3. The van der Waals surface area contributed by atoms with E-state index in [9.17, 15) is 4.79 Å². The van der Waals surface area contributed by atoms with Gasteiger partial charge in [0.1, 0.15) is 11.5 Å². The summed E-state index contributed by atoms with van der Waals surface area (Å²) >= 11 is 0. The molecule has 0 unspecified atom stereocenters. The first kappa shape index (κ1) is 11.6. The second-order valence-corrected chi connectivity index (χ2v) is 3.27. The lowest BCUT2D eigenvalue weighted by atomic mass is 10.1. The molecule has 0 radical (unpaired) electrons. The number of Topliss-reactive ketones (excluding diaryl/α,β-unsaturated/α-hetero) is 1. The van der Waals surface area contributed by atoms with E-state index in [1.54, 1.807) is 32.4 Å². The summed E-state index contributed by atoms with van der Waals surface area (Å²) in [5, 5.41) is 0. The molecule has 0 saturated heterocycles. The van der Waals surface area contributed by atoms with Gasteiger partial charge in [-0.2, -0.15) is 0 Å². The number of methoxy groups -OCH3 is 2. The molecule has 0 amide bonds. The second-order valence-electron chi connectivity index (χ2n) is 3.27. The number of benzene rings is 1. The number of carbonyl (C=O) groups excluding carboxylic acids is 1. The van der Waals surface area contributed by atoms with Gasteiger partial charge in [0.15, 0.2) is 5.78 Å². The molecule has 1 aromatic rings. The summed E-state index contributed by atoms with van der Waals surface area (Å²) in [6.07, 6.45) is 1.40. The summed E-state index contributed by atoms with van der Waals surface area (Å²) in [5.74, 6) is 1.41. The highest BCUT2D eigenvalue weighted by atomic mass is 16.5. The van der Waals surface area contributed by atoms with E-state index in [0.717, 1.165) is 6.42 Å². The third kappa shape index (κ3) is 2.98. The van der Waals surface area contributed by atoms with E-state index in [4.69, 9.17) is 9.47 Å². The van der Waals surface area contributed by atoms with Gasteiger partial charge in [0.05, 0.1) is 14.2 Å². The van der Waals surface area contributed by atoms with E-state index in [1.807, 2.05) is 6.92 Å². The van der Waals surface area contributed by atoms with Crippen LogP contribution in [0.25, 0.3) is 0 Å². The van der Waals surface area contributed by atoms with Crippen LogP contribution in [0.1, 0.15) is 30.1 Å². The first-order valence-electron chi connectivity index (χ1n) is 4.97. The average Bonchev–Trinajstić information content (AvgIpc) is 2.28. The molecule has 82 valence electrons. The first-order valence-corrected chi connectivity index (χ1v) is 4.97. The number of ketones is 1. The van der Waals surface area contributed by atoms with Crippen LogP contribution in [0.15, 0.2) is 18.2 Å². The topological polar surface area (TPSA) is 35.5 Å². The Bertz CT molecular complexity index is 322. The number of carbonyl (C=O) groups is 1. The molecule has 0 spiro atoms. The van der Waals surface area contributed by atoms with Gasteiger partial charge in [-0.05, 0) is 18.6 Å². The van der Waals surface area contributed by atoms with Crippen molar-refractivity contribution >= 4 is 5.78 Å². The van der Waals surface area contributed by atoms with Crippen molar-refractivity contribution in [3.63, 3.8) is 0 Å². The van der Waals surface area contributed by atoms with Crippen LogP contribution in [0.3, 0.4) is 0 Å². The molecule has 0 aliphatic rings. The fraction of sp³-hybridized carbons (Fsp3) is 0.417. The predicted molar refractivity (Wildman–Crippen MR) is 58.8 cm³/mol. The van der Waals surface area contributed by atoms with Crippen molar-refractivity contribution < 1.29 is 14.3 Å². The number of hydrogen-bond acceptors (Lipinski definition) is 3.